The van der Waals surface area contributed by atoms with E-state index in [0.717, 1.165) is 17.1 Å². The number of rotatable bonds is 4. The Morgan fingerprint density at radius 1 is 1.50 bits per heavy atom. The predicted octanol–water partition coefficient (Wildman–Crippen LogP) is 2.56. The smallest absolute Gasteiger partial charge is 0.349 e. The van der Waals surface area contributed by atoms with Gasteiger partial charge in [-0.25, -0.2) is 4.79 Å². The summed E-state index contributed by atoms with van der Waals surface area (Å²) in [6.07, 6.45) is 0. The van der Waals surface area contributed by atoms with Gasteiger partial charge in [-0.3, -0.25) is 0 Å². The molecule has 1 heterocycles. The average molecular weight is 264 g/mol. The van der Waals surface area contributed by atoms with Crippen LogP contribution in [0.5, 0.6) is 5.75 Å². The van der Waals surface area contributed by atoms with E-state index in [0.29, 0.717) is 17.1 Å². The van der Waals surface area contributed by atoms with Crippen LogP contribution in [0.1, 0.15) is 9.67 Å². The monoisotopic (exact) mass is 264 g/mol. The predicted molar refractivity (Wildman–Crippen MR) is 70.6 cm³/mol. The van der Waals surface area contributed by atoms with Crippen LogP contribution in [-0.4, -0.2) is 29.6 Å². The Morgan fingerprint density at radius 3 is 2.89 bits per heavy atom. The molecule has 18 heavy (non-hydrogen) atoms. The minimum absolute atomic E-state index is 0.204. The lowest BCUT2D eigenvalue weighted by molar-refractivity contribution is 0.0703. The number of hydrogen-bond donors (Lipinski definition) is 2. The highest BCUT2D eigenvalue weighted by atomic mass is 32.1. The van der Waals surface area contributed by atoms with Gasteiger partial charge in [-0.1, -0.05) is 12.1 Å². The van der Waals surface area contributed by atoms with Gasteiger partial charge in [-0.15, -0.1) is 0 Å². The van der Waals surface area contributed by atoms with Gasteiger partial charge < -0.3 is 15.2 Å². The molecule has 0 bridgehead atoms. The van der Waals surface area contributed by atoms with Gasteiger partial charge in [0.1, 0.15) is 11.4 Å². The summed E-state index contributed by atoms with van der Waals surface area (Å²) in [5.41, 5.74) is 1.97. The van der Waals surface area contributed by atoms with Gasteiger partial charge in [-0.05, 0) is 23.7 Å². The van der Waals surface area contributed by atoms with E-state index >= 15 is 0 Å². The number of hydrogen-bond acceptors (Lipinski definition) is 5. The summed E-state index contributed by atoms with van der Waals surface area (Å²) in [6, 6.07) is 7.35. The Bertz CT molecular complexity index is 580. The SMILES string of the molecule is CNc1c(-c2cccc(OC)c2)nsc1C(=O)O. The molecule has 0 amide bonds. The highest BCUT2D eigenvalue weighted by molar-refractivity contribution is 7.09. The molecule has 1 aromatic carbocycles. The topological polar surface area (TPSA) is 71.5 Å². The quantitative estimate of drug-likeness (QED) is 0.888. The van der Waals surface area contributed by atoms with Crippen molar-refractivity contribution in [1.29, 1.82) is 0 Å². The first kappa shape index (κ1) is 12.4. The van der Waals surface area contributed by atoms with E-state index in [1.807, 2.05) is 24.3 Å². The van der Waals surface area contributed by atoms with Crippen molar-refractivity contribution in [3.63, 3.8) is 0 Å². The zero-order valence-corrected chi connectivity index (χ0v) is 10.7. The number of carbonyl (C=O) groups is 1. The van der Waals surface area contributed by atoms with E-state index in [4.69, 9.17) is 9.84 Å². The maximum absolute atomic E-state index is 11.1. The zero-order chi connectivity index (χ0) is 13.1. The molecule has 0 saturated heterocycles. The molecule has 94 valence electrons. The third-order valence-electron chi connectivity index (χ3n) is 2.48. The molecule has 1 aromatic heterocycles. The average Bonchev–Trinajstić information content (AvgIpc) is 2.82. The third kappa shape index (κ3) is 2.14. The lowest BCUT2D eigenvalue weighted by Crippen LogP contribution is -1.99. The number of methoxy groups -OCH3 is 1. The molecule has 0 atom stereocenters. The first-order chi connectivity index (χ1) is 8.67. The summed E-state index contributed by atoms with van der Waals surface area (Å²) in [5.74, 6) is -0.273. The van der Waals surface area contributed by atoms with E-state index in [2.05, 4.69) is 9.69 Å². The summed E-state index contributed by atoms with van der Waals surface area (Å²) in [5, 5.41) is 12.0. The van der Waals surface area contributed by atoms with Crippen molar-refractivity contribution in [2.45, 2.75) is 0 Å². The van der Waals surface area contributed by atoms with Gasteiger partial charge in [0.2, 0.25) is 0 Å². The molecule has 0 aliphatic rings. The van der Waals surface area contributed by atoms with Crippen molar-refractivity contribution >= 4 is 23.2 Å². The maximum Gasteiger partial charge on any atom is 0.349 e. The van der Waals surface area contributed by atoms with Crippen LogP contribution < -0.4 is 10.1 Å². The van der Waals surface area contributed by atoms with Crippen LogP contribution in [0.2, 0.25) is 0 Å². The highest BCUT2D eigenvalue weighted by Crippen LogP contribution is 2.34. The third-order valence-corrected chi connectivity index (χ3v) is 3.31. The molecule has 0 radical (unpaired) electrons. The number of ether oxygens (including phenoxy) is 1. The fourth-order valence-corrected chi connectivity index (χ4v) is 2.38. The van der Waals surface area contributed by atoms with Crippen LogP contribution in [0, 0.1) is 0 Å². The second-order valence-electron chi connectivity index (χ2n) is 3.52. The number of nitrogens with zero attached hydrogens (tertiary/aromatic N) is 1. The minimum Gasteiger partial charge on any atom is -0.497 e. The van der Waals surface area contributed by atoms with Crippen molar-refractivity contribution < 1.29 is 14.6 Å². The lowest BCUT2D eigenvalue weighted by atomic mass is 10.1. The van der Waals surface area contributed by atoms with E-state index < -0.39 is 5.97 Å². The number of carboxylic acids is 1. The number of nitrogens with one attached hydrogen (secondary N) is 1. The highest BCUT2D eigenvalue weighted by Gasteiger charge is 2.19. The van der Waals surface area contributed by atoms with Gasteiger partial charge in [0.15, 0.2) is 4.88 Å². The van der Waals surface area contributed by atoms with Crippen LogP contribution in [-0.2, 0) is 0 Å². The molecule has 0 spiro atoms. The Hall–Kier alpha value is -2.08. The molecule has 0 fully saturated rings. The molecular weight excluding hydrogens is 252 g/mol. The molecule has 0 saturated carbocycles. The standard InChI is InChI=1S/C12H12N2O3S/c1-13-10-9(14-18-11(10)12(15)16)7-4-3-5-8(6-7)17-2/h3-6,13H,1-2H3,(H,15,16). The largest absolute Gasteiger partial charge is 0.497 e. The summed E-state index contributed by atoms with van der Waals surface area (Å²) < 4.78 is 9.34. The van der Waals surface area contributed by atoms with Crippen LogP contribution in [0.25, 0.3) is 11.3 Å². The van der Waals surface area contributed by atoms with Crippen molar-refractivity contribution in [3.8, 4) is 17.0 Å². The Morgan fingerprint density at radius 2 is 2.28 bits per heavy atom. The first-order valence-electron chi connectivity index (χ1n) is 5.22. The number of aromatic nitrogens is 1. The first-order valence-corrected chi connectivity index (χ1v) is 6.00. The lowest BCUT2D eigenvalue weighted by Gasteiger charge is -2.05. The fourth-order valence-electron chi connectivity index (χ4n) is 1.64. The second kappa shape index (κ2) is 5.05. The molecule has 6 heteroatoms. The number of carboxylic acid groups (broad SMARTS) is 1. The Kier molecular flexibility index (Phi) is 3.47. The van der Waals surface area contributed by atoms with Crippen molar-refractivity contribution in [2.75, 3.05) is 19.5 Å². The zero-order valence-electron chi connectivity index (χ0n) is 9.93. The van der Waals surface area contributed by atoms with Gasteiger partial charge >= 0.3 is 5.97 Å². The molecule has 0 unspecified atom stereocenters. The van der Waals surface area contributed by atoms with Gasteiger partial charge in [0.05, 0.1) is 12.8 Å². The van der Waals surface area contributed by atoms with E-state index in [9.17, 15) is 4.79 Å². The van der Waals surface area contributed by atoms with Crippen molar-refractivity contribution in [1.82, 2.24) is 4.37 Å². The molecule has 2 aromatic rings. The van der Waals surface area contributed by atoms with E-state index in [1.165, 1.54) is 0 Å². The number of benzene rings is 1. The normalized spacial score (nSPS) is 10.1. The maximum atomic E-state index is 11.1. The van der Waals surface area contributed by atoms with E-state index in [1.54, 1.807) is 14.2 Å². The van der Waals surface area contributed by atoms with Gasteiger partial charge in [-0.2, -0.15) is 4.37 Å². The molecule has 0 aliphatic carbocycles. The summed E-state index contributed by atoms with van der Waals surface area (Å²) in [6.45, 7) is 0. The van der Waals surface area contributed by atoms with Crippen molar-refractivity contribution in [2.24, 2.45) is 0 Å². The van der Waals surface area contributed by atoms with Gasteiger partial charge in [0.25, 0.3) is 0 Å². The number of aromatic carboxylic acids is 1. The van der Waals surface area contributed by atoms with Crippen molar-refractivity contribution in [3.05, 3.63) is 29.1 Å². The molecule has 2 N–H and O–H groups in total. The fraction of sp³-hybridized carbons (Fsp3) is 0.167. The van der Waals surface area contributed by atoms with E-state index in [-0.39, 0.29) is 4.88 Å². The van der Waals surface area contributed by atoms with Crippen LogP contribution in [0.15, 0.2) is 24.3 Å². The Labute approximate surface area is 108 Å². The summed E-state index contributed by atoms with van der Waals surface area (Å²) in [7, 11) is 3.27. The Balaban J connectivity index is 2.53. The molecular formula is C12H12N2O3S. The number of anilines is 1. The molecule has 2 rings (SSSR count). The molecule has 0 aliphatic heterocycles. The second-order valence-corrected chi connectivity index (χ2v) is 4.30. The summed E-state index contributed by atoms with van der Waals surface area (Å²) >= 11 is 0.964. The van der Waals surface area contributed by atoms with Crippen LogP contribution in [0.3, 0.4) is 0 Å². The molecule has 5 nitrogen and oxygen atoms in total. The van der Waals surface area contributed by atoms with Gasteiger partial charge in [0, 0.05) is 12.6 Å². The summed E-state index contributed by atoms with van der Waals surface area (Å²) in [4.78, 5) is 11.3. The minimum atomic E-state index is -0.981. The van der Waals surface area contributed by atoms with Crippen LogP contribution >= 0.6 is 11.5 Å². The van der Waals surface area contributed by atoms with Crippen LogP contribution in [0.4, 0.5) is 5.69 Å².